The molecule has 1 N–H and O–H groups in total. The standard InChI is InChI=1S/C9H8O2.CH2O2/c1-10-8-3-2-4-9-7(8)5-6-11-9;2-1-3/h2-6H,1H3;1H,(H,2,3). The Balaban J connectivity index is 0.000000293. The molecule has 4 heteroatoms. The fourth-order valence-electron chi connectivity index (χ4n) is 1.14. The fourth-order valence-corrected chi connectivity index (χ4v) is 1.14. The summed E-state index contributed by atoms with van der Waals surface area (Å²) in [5.74, 6) is 0.858. The highest BCUT2D eigenvalue weighted by molar-refractivity contribution is 5.83. The van der Waals surface area contributed by atoms with E-state index in [1.54, 1.807) is 13.4 Å². The van der Waals surface area contributed by atoms with Gasteiger partial charge in [-0.05, 0) is 18.2 Å². The second-order valence-electron chi connectivity index (χ2n) is 2.40. The lowest BCUT2D eigenvalue weighted by molar-refractivity contribution is -0.122. The largest absolute Gasteiger partial charge is 0.496 e. The molecular formula is C10H10O4. The molecule has 0 bridgehead atoms. The van der Waals surface area contributed by atoms with Crippen LogP contribution in [-0.2, 0) is 4.79 Å². The van der Waals surface area contributed by atoms with Crippen molar-refractivity contribution < 1.29 is 19.1 Å². The van der Waals surface area contributed by atoms with Gasteiger partial charge in [0, 0.05) is 0 Å². The predicted octanol–water partition coefficient (Wildman–Crippen LogP) is 2.14. The van der Waals surface area contributed by atoms with Crippen molar-refractivity contribution in [3.8, 4) is 5.75 Å². The molecule has 1 heterocycles. The lowest BCUT2D eigenvalue weighted by Gasteiger charge is -1.98. The molecular weight excluding hydrogens is 184 g/mol. The molecule has 0 atom stereocenters. The Morgan fingerprint density at radius 2 is 2.14 bits per heavy atom. The molecule has 0 amide bonds. The summed E-state index contributed by atoms with van der Waals surface area (Å²) in [5.41, 5.74) is 0.865. The summed E-state index contributed by atoms with van der Waals surface area (Å²) in [6.45, 7) is -0.250. The van der Waals surface area contributed by atoms with Gasteiger partial charge in [0.05, 0.1) is 18.8 Å². The Labute approximate surface area is 80.7 Å². The van der Waals surface area contributed by atoms with Gasteiger partial charge in [-0.25, -0.2) is 0 Å². The Bertz CT molecular complexity index is 405. The van der Waals surface area contributed by atoms with Crippen LogP contribution in [0.15, 0.2) is 34.9 Å². The number of fused-ring (bicyclic) bond motifs is 1. The summed E-state index contributed by atoms with van der Waals surface area (Å²) in [5, 5.41) is 7.91. The van der Waals surface area contributed by atoms with E-state index < -0.39 is 0 Å². The number of carbonyl (C=O) groups is 1. The molecule has 14 heavy (non-hydrogen) atoms. The fraction of sp³-hybridized carbons (Fsp3) is 0.100. The third-order valence-electron chi connectivity index (χ3n) is 1.68. The summed E-state index contributed by atoms with van der Waals surface area (Å²) < 4.78 is 10.3. The highest BCUT2D eigenvalue weighted by Gasteiger charge is 2.00. The second kappa shape index (κ2) is 4.91. The minimum atomic E-state index is -0.250. The van der Waals surface area contributed by atoms with Gasteiger partial charge in [-0.1, -0.05) is 6.07 Å². The van der Waals surface area contributed by atoms with Gasteiger partial charge in [0.1, 0.15) is 11.3 Å². The summed E-state index contributed by atoms with van der Waals surface area (Å²) in [6, 6.07) is 7.63. The van der Waals surface area contributed by atoms with E-state index in [0.29, 0.717) is 0 Å². The van der Waals surface area contributed by atoms with Crippen LogP contribution >= 0.6 is 0 Å². The highest BCUT2D eigenvalue weighted by Crippen LogP contribution is 2.25. The third-order valence-corrected chi connectivity index (χ3v) is 1.68. The van der Waals surface area contributed by atoms with Crippen LogP contribution in [-0.4, -0.2) is 18.7 Å². The van der Waals surface area contributed by atoms with E-state index >= 15 is 0 Å². The van der Waals surface area contributed by atoms with Crippen molar-refractivity contribution in [2.75, 3.05) is 7.11 Å². The highest BCUT2D eigenvalue weighted by atomic mass is 16.5. The maximum Gasteiger partial charge on any atom is 0.290 e. The molecule has 0 aliphatic rings. The molecule has 1 aromatic heterocycles. The van der Waals surface area contributed by atoms with Crippen LogP contribution in [0.3, 0.4) is 0 Å². The molecule has 0 spiro atoms. The minimum absolute atomic E-state index is 0.250. The van der Waals surface area contributed by atoms with Gasteiger partial charge >= 0.3 is 0 Å². The van der Waals surface area contributed by atoms with Crippen LogP contribution in [0.2, 0.25) is 0 Å². The summed E-state index contributed by atoms with van der Waals surface area (Å²) >= 11 is 0. The Morgan fingerprint density at radius 1 is 1.43 bits per heavy atom. The van der Waals surface area contributed by atoms with E-state index in [-0.39, 0.29) is 6.47 Å². The first-order valence-corrected chi connectivity index (χ1v) is 3.91. The molecule has 2 aromatic rings. The molecule has 4 nitrogen and oxygen atoms in total. The average Bonchev–Trinajstić information content (AvgIpc) is 2.66. The van der Waals surface area contributed by atoms with Crippen molar-refractivity contribution in [3.05, 3.63) is 30.5 Å². The first-order chi connectivity index (χ1) is 6.83. The summed E-state index contributed by atoms with van der Waals surface area (Å²) in [6.07, 6.45) is 1.66. The van der Waals surface area contributed by atoms with Gasteiger partial charge < -0.3 is 14.3 Å². The molecule has 0 fully saturated rings. The van der Waals surface area contributed by atoms with Crippen molar-refractivity contribution in [1.29, 1.82) is 0 Å². The number of methoxy groups -OCH3 is 1. The lowest BCUT2D eigenvalue weighted by atomic mass is 10.2. The van der Waals surface area contributed by atoms with Crippen LogP contribution in [0.25, 0.3) is 11.0 Å². The van der Waals surface area contributed by atoms with Crippen molar-refractivity contribution in [1.82, 2.24) is 0 Å². The third kappa shape index (κ3) is 2.04. The quantitative estimate of drug-likeness (QED) is 0.706. The molecule has 0 aliphatic heterocycles. The van der Waals surface area contributed by atoms with Gasteiger partial charge in [-0.15, -0.1) is 0 Å². The van der Waals surface area contributed by atoms with Gasteiger partial charge in [-0.2, -0.15) is 0 Å². The van der Waals surface area contributed by atoms with Crippen LogP contribution < -0.4 is 4.74 Å². The van der Waals surface area contributed by atoms with Crippen molar-refractivity contribution in [2.45, 2.75) is 0 Å². The van der Waals surface area contributed by atoms with Gasteiger partial charge in [-0.3, -0.25) is 4.79 Å². The van der Waals surface area contributed by atoms with E-state index in [9.17, 15) is 0 Å². The van der Waals surface area contributed by atoms with E-state index in [2.05, 4.69) is 0 Å². The summed E-state index contributed by atoms with van der Waals surface area (Å²) in [7, 11) is 1.65. The number of hydrogen-bond donors (Lipinski definition) is 1. The maximum absolute atomic E-state index is 8.36. The zero-order valence-corrected chi connectivity index (χ0v) is 7.64. The predicted molar refractivity (Wildman–Crippen MR) is 51.5 cm³/mol. The van der Waals surface area contributed by atoms with E-state index in [1.165, 1.54) is 0 Å². The first-order valence-electron chi connectivity index (χ1n) is 3.91. The average molecular weight is 194 g/mol. The van der Waals surface area contributed by atoms with Crippen molar-refractivity contribution in [2.24, 2.45) is 0 Å². The zero-order chi connectivity index (χ0) is 10.4. The molecule has 0 radical (unpaired) electrons. The van der Waals surface area contributed by atoms with Gasteiger partial charge in [0.25, 0.3) is 6.47 Å². The number of carboxylic acid groups (broad SMARTS) is 1. The van der Waals surface area contributed by atoms with Crippen LogP contribution in [0, 0.1) is 0 Å². The number of hydrogen-bond acceptors (Lipinski definition) is 3. The number of ether oxygens (including phenoxy) is 1. The summed E-state index contributed by atoms with van der Waals surface area (Å²) in [4.78, 5) is 8.36. The normalized spacial score (nSPS) is 8.93. The van der Waals surface area contributed by atoms with Gasteiger partial charge in [0.2, 0.25) is 0 Å². The molecule has 0 saturated heterocycles. The van der Waals surface area contributed by atoms with Gasteiger partial charge in [0.15, 0.2) is 0 Å². The number of rotatable bonds is 1. The van der Waals surface area contributed by atoms with Crippen LogP contribution in [0.5, 0.6) is 5.75 Å². The Kier molecular flexibility index (Phi) is 3.55. The lowest BCUT2D eigenvalue weighted by Crippen LogP contribution is -1.81. The van der Waals surface area contributed by atoms with E-state index in [4.69, 9.17) is 19.1 Å². The smallest absolute Gasteiger partial charge is 0.290 e. The van der Waals surface area contributed by atoms with Crippen LogP contribution in [0.4, 0.5) is 0 Å². The molecule has 0 aliphatic carbocycles. The Hall–Kier alpha value is -1.97. The van der Waals surface area contributed by atoms with Crippen LogP contribution in [0.1, 0.15) is 0 Å². The number of furan rings is 1. The molecule has 74 valence electrons. The minimum Gasteiger partial charge on any atom is -0.496 e. The SMILES string of the molecule is COc1cccc2occc12.O=CO. The number of benzene rings is 1. The first kappa shape index (κ1) is 10.1. The van der Waals surface area contributed by atoms with E-state index in [0.717, 1.165) is 16.7 Å². The molecule has 0 unspecified atom stereocenters. The zero-order valence-electron chi connectivity index (χ0n) is 7.64. The van der Waals surface area contributed by atoms with E-state index in [1.807, 2.05) is 24.3 Å². The van der Waals surface area contributed by atoms with Crippen molar-refractivity contribution in [3.63, 3.8) is 0 Å². The maximum atomic E-state index is 8.36. The topological polar surface area (TPSA) is 59.7 Å². The molecule has 0 saturated carbocycles. The second-order valence-corrected chi connectivity index (χ2v) is 2.40. The molecule has 2 rings (SSSR count). The monoisotopic (exact) mass is 194 g/mol. The van der Waals surface area contributed by atoms with Crippen molar-refractivity contribution >= 4 is 17.4 Å². The Morgan fingerprint density at radius 3 is 2.79 bits per heavy atom. The molecule has 1 aromatic carbocycles.